The number of anilines is 3. The van der Waals surface area contributed by atoms with Gasteiger partial charge in [-0.15, -0.1) is 0 Å². The van der Waals surface area contributed by atoms with E-state index in [1.807, 2.05) is 19.9 Å². The summed E-state index contributed by atoms with van der Waals surface area (Å²) >= 11 is 0. The van der Waals surface area contributed by atoms with Gasteiger partial charge in [-0.3, -0.25) is 9.59 Å². The Kier molecular flexibility index (Phi) is 7.86. The number of nitrogens with one attached hydrogen (secondary N) is 1. The number of piperidine rings is 1. The monoisotopic (exact) mass is 613 g/mol. The molecule has 0 atom stereocenters. The minimum atomic E-state index is -0.770. The lowest BCUT2D eigenvalue weighted by Crippen LogP contribution is -2.51. The minimum Gasteiger partial charge on any atom is -0.497 e. The Labute approximate surface area is 259 Å². The normalized spacial score (nSPS) is 15.7. The van der Waals surface area contributed by atoms with Gasteiger partial charge in [0.2, 0.25) is 5.91 Å². The van der Waals surface area contributed by atoms with E-state index in [1.165, 1.54) is 19.2 Å². The van der Waals surface area contributed by atoms with Crippen LogP contribution < -0.4 is 19.7 Å². The number of aromatic nitrogens is 2. The maximum Gasteiger partial charge on any atom is 0.258 e. The van der Waals surface area contributed by atoms with Crippen molar-refractivity contribution in [3.05, 3.63) is 89.2 Å². The summed E-state index contributed by atoms with van der Waals surface area (Å²) in [6.07, 6.45) is 3.79. The summed E-state index contributed by atoms with van der Waals surface area (Å²) in [5.41, 5.74) is 1.77. The van der Waals surface area contributed by atoms with Gasteiger partial charge in [0, 0.05) is 23.6 Å². The molecule has 2 amide bonds. The fourth-order valence-corrected chi connectivity index (χ4v) is 6.10. The number of amides is 2. The second-order valence-electron chi connectivity index (χ2n) is 11.7. The van der Waals surface area contributed by atoms with Gasteiger partial charge in [0.25, 0.3) is 5.91 Å². The second kappa shape index (κ2) is 11.8. The third-order valence-electron chi connectivity index (χ3n) is 8.31. The van der Waals surface area contributed by atoms with Crippen LogP contribution in [0.3, 0.4) is 0 Å². The molecule has 2 aliphatic rings. The summed E-state index contributed by atoms with van der Waals surface area (Å²) in [4.78, 5) is 39.1. The summed E-state index contributed by atoms with van der Waals surface area (Å²) in [6, 6.07) is 13.9. The van der Waals surface area contributed by atoms with Gasteiger partial charge < -0.3 is 24.6 Å². The van der Waals surface area contributed by atoms with Gasteiger partial charge in [-0.2, -0.15) is 0 Å². The number of fused-ring (bicyclic) bond motifs is 1. The Morgan fingerprint density at radius 3 is 2.42 bits per heavy atom. The molecule has 2 aromatic carbocycles. The summed E-state index contributed by atoms with van der Waals surface area (Å²) in [6.45, 7) is 4.37. The Morgan fingerprint density at radius 1 is 0.978 bits per heavy atom. The molecule has 1 N–H and O–H groups in total. The highest BCUT2D eigenvalue weighted by Crippen LogP contribution is 2.38. The molecule has 2 aliphatic heterocycles. The number of rotatable bonds is 8. The Hall–Kier alpha value is -5.06. The van der Waals surface area contributed by atoms with E-state index in [9.17, 15) is 18.4 Å². The number of hydrogen-bond donors (Lipinski definition) is 1. The third kappa shape index (κ3) is 5.65. The van der Waals surface area contributed by atoms with Crippen molar-refractivity contribution in [1.29, 1.82) is 0 Å². The average Bonchev–Trinajstić information content (AvgIpc) is 3.32. The number of methoxy groups -OCH3 is 2. The summed E-state index contributed by atoms with van der Waals surface area (Å²) in [5, 5.41) is 3.18. The number of halogens is 2. The smallest absolute Gasteiger partial charge is 0.258 e. The molecule has 2 aromatic heterocycles. The van der Waals surface area contributed by atoms with Gasteiger partial charge in [-0.25, -0.2) is 18.7 Å². The van der Waals surface area contributed by atoms with Gasteiger partial charge in [0.15, 0.2) is 0 Å². The Morgan fingerprint density at radius 2 is 1.76 bits per heavy atom. The lowest BCUT2D eigenvalue weighted by molar-refractivity contribution is -0.121. The van der Waals surface area contributed by atoms with Crippen LogP contribution in [0.1, 0.15) is 54.7 Å². The van der Waals surface area contributed by atoms with Crippen molar-refractivity contribution in [2.75, 3.05) is 24.4 Å². The Bertz CT molecular complexity index is 1770. The fourth-order valence-electron chi connectivity index (χ4n) is 6.10. The molecule has 11 heteroatoms. The molecule has 4 aromatic rings. The quantitative estimate of drug-likeness (QED) is 0.238. The van der Waals surface area contributed by atoms with Crippen LogP contribution in [-0.4, -0.2) is 46.4 Å². The first kappa shape index (κ1) is 30.0. The summed E-state index contributed by atoms with van der Waals surface area (Å²) in [5.74, 6) is -0.256. The molecule has 9 nitrogen and oxygen atoms in total. The lowest BCUT2D eigenvalue weighted by Gasteiger charge is -2.42. The number of carbonyl (C=O) groups excluding carboxylic acids is 2. The van der Waals surface area contributed by atoms with E-state index in [-0.39, 0.29) is 47.3 Å². The molecule has 1 saturated heterocycles. The van der Waals surface area contributed by atoms with Crippen LogP contribution >= 0.6 is 0 Å². The van der Waals surface area contributed by atoms with E-state index in [2.05, 4.69) is 15.3 Å². The molecular formula is C34H33F2N5O4. The van der Waals surface area contributed by atoms with Crippen LogP contribution in [0, 0.1) is 11.6 Å². The number of nitrogens with zero attached hydrogens (tertiary/aromatic N) is 4. The van der Waals surface area contributed by atoms with Crippen LogP contribution in [-0.2, 0) is 17.9 Å². The van der Waals surface area contributed by atoms with Crippen LogP contribution in [0.5, 0.6) is 11.5 Å². The second-order valence-corrected chi connectivity index (χ2v) is 11.7. The maximum atomic E-state index is 14.9. The molecule has 0 unspecified atom stereocenters. The molecule has 6 rings (SSSR count). The molecule has 0 radical (unpaired) electrons. The average molecular weight is 614 g/mol. The maximum absolute atomic E-state index is 14.9. The molecule has 45 heavy (non-hydrogen) atoms. The van der Waals surface area contributed by atoms with E-state index in [0.29, 0.717) is 40.8 Å². The largest absolute Gasteiger partial charge is 0.497 e. The first-order valence-corrected chi connectivity index (χ1v) is 14.6. The van der Waals surface area contributed by atoms with Crippen LogP contribution in [0.25, 0.3) is 11.3 Å². The van der Waals surface area contributed by atoms with Crippen molar-refractivity contribution >= 4 is 29.0 Å². The van der Waals surface area contributed by atoms with E-state index >= 15 is 0 Å². The first-order chi connectivity index (χ1) is 21.6. The van der Waals surface area contributed by atoms with Gasteiger partial charge in [0.05, 0.1) is 67.4 Å². The van der Waals surface area contributed by atoms with E-state index in [0.717, 1.165) is 30.5 Å². The predicted octanol–water partition coefficient (Wildman–Crippen LogP) is 6.63. The molecule has 0 saturated carbocycles. The van der Waals surface area contributed by atoms with Crippen molar-refractivity contribution < 1.29 is 27.8 Å². The van der Waals surface area contributed by atoms with Crippen molar-refractivity contribution in [2.24, 2.45) is 0 Å². The van der Waals surface area contributed by atoms with Crippen LogP contribution in [0.2, 0.25) is 0 Å². The van der Waals surface area contributed by atoms with E-state index in [4.69, 9.17) is 9.47 Å². The fraction of sp³-hybridized carbons (Fsp3) is 0.294. The topological polar surface area (TPSA) is 96.9 Å². The molecule has 0 aliphatic carbocycles. The SMILES string of the molecule is COc1ccc(CN2Cc3nc(-c4c(F)cccc4F)cc(Nc4ccc(N5C(=O)CCCC5(C)C)cn4)c3C2=O)c(OC)c1. The predicted molar refractivity (Wildman–Crippen MR) is 166 cm³/mol. The summed E-state index contributed by atoms with van der Waals surface area (Å²) < 4.78 is 40.6. The lowest BCUT2D eigenvalue weighted by atomic mass is 9.89. The molecular weight excluding hydrogens is 580 g/mol. The zero-order chi connectivity index (χ0) is 31.9. The van der Waals surface area contributed by atoms with Crippen LogP contribution in [0.4, 0.5) is 26.0 Å². The van der Waals surface area contributed by atoms with Crippen LogP contribution in [0.15, 0.2) is 60.8 Å². The highest BCUT2D eigenvalue weighted by atomic mass is 19.1. The van der Waals surface area contributed by atoms with Gasteiger partial charge in [-0.05, 0) is 69.2 Å². The number of pyridine rings is 2. The third-order valence-corrected chi connectivity index (χ3v) is 8.31. The minimum absolute atomic E-state index is 0.0384. The molecule has 1 fully saturated rings. The number of benzene rings is 2. The molecule has 4 heterocycles. The number of hydrogen-bond acceptors (Lipinski definition) is 7. The van der Waals surface area contributed by atoms with Gasteiger partial charge in [0.1, 0.15) is 29.0 Å². The highest BCUT2D eigenvalue weighted by molar-refractivity contribution is 6.04. The Balaban J connectivity index is 1.36. The first-order valence-electron chi connectivity index (χ1n) is 14.6. The van der Waals surface area contributed by atoms with Crippen molar-refractivity contribution in [3.8, 4) is 22.8 Å². The van der Waals surface area contributed by atoms with Crippen molar-refractivity contribution in [3.63, 3.8) is 0 Å². The number of ether oxygens (including phenoxy) is 2. The van der Waals surface area contributed by atoms with E-state index < -0.39 is 11.6 Å². The number of carbonyl (C=O) groups is 2. The van der Waals surface area contributed by atoms with Crippen molar-refractivity contribution in [2.45, 2.75) is 51.7 Å². The molecule has 0 spiro atoms. The molecule has 232 valence electrons. The standard InChI is InChI=1S/C34H33F2N5O4/c1-34(2)14-6-9-30(42)41(34)21-11-13-29(37-17-21)39-26-16-25(31-23(35)7-5-8-24(31)36)38-27-19-40(33(43)32(26)27)18-20-10-12-22(44-3)15-28(20)45-4/h5,7-8,10-13,15-17H,6,9,14,18-19H2,1-4H3,(H,37,38,39). The zero-order valence-corrected chi connectivity index (χ0v) is 25.5. The van der Waals surface area contributed by atoms with E-state index in [1.54, 1.807) is 47.4 Å². The van der Waals surface area contributed by atoms with Gasteiger partial charge in [-0.1, -0.05) is 6.07 Å². The van der Waals surface area contributed by atoms with Gasteiger partial charge >= 0.3 is 0 Å². The van der Waals surface area contributed by atoms with Crippen molar-refractivity contribution in [1.82, 2.24) is 14.9 Å². The summed E-state index contributed by atoms with van der Waals surface area (Å²) in [7, 11) is 3.10. The highest BCUT2D eigenvalue weighted by Gasteiger charge is 2.36. The zero-order valence-electron chi connectivity index (χ0n) is 25.5. The molecule has 0 bridgehead atoms.